The van der Waals surface area contributed by atoms with Crippen molar-refractivity contribution in [2.75, 3.05) is 20.2 Å². The second-order valence-electron chi connectivity index (χ2n) is 4.21. The fourth-order valence-electron chi connectivity index (χ4n) is 1.81. The minimum atomic E-state index is 0.851. The highest BCUT2D eigenvalue weighted by molar-refractivity contribution is 5.83. The maximum Gasteiger partial charge on any atom is 0.135 e. The van der Waals surface area contributed by atoms with E-state index in [9.17, 15) is 0 Å². The minimum Gasteiger partial charge on any atom is -0.497 e. The van der Waals surface area contributed by atoms with Crippen LogP contribution in [0.1, 0.15) is 19.6 Å². The molecule has 0 atom stereocenters. The third-order valence-electron chi connectivity index (χ3n) is 2.91. The normalized spacial score (nSPS) is 12.1. The fourth-order valence-corrected chi connectivity index (χ4v) is 1.81. The van der Waals surface area contributed by atoms with Crippen LogP contribution in [0.25, 0.3) is 16.5 Å². The molecule has 0 spiro atoms. The summed E-state index contributed by atoms with van der Waals surface area (Å²) in [6.45, 7) is 5.99. The van der Waals surface area contributed by atoms with Crippen LogP contribution in [0.5, 0.6) is 5.75 Å². The number of benzene rings is 1. The zero-order chi connectivity index (χ0) is 13.0. The van der Waals surface area contributed by atoms with Crippen LogP contribution in [0.3, 0.4) is 0 Å². The molecule has 18 heavy (non-hydrogen) atoms. The van der Waals surface area contributed by atoms with Gasteiger partial charge in [-0.05, 0) is 43.3 Å². The molecule has 1 heterocycles. The van der Waals surface area contributed by atoms with Gasteiger partial charge in [-0.25, -0.2) is 0 Å². The molecule has 0 bridgehead atoms. The third-order valence-corrected chi connectivity index (χ3v) is 2.91. The average molecular weight is 245 g/mol. The number of furan rings is 1. The lowest BCUT2D eigenvalue weighted by molar-refractivity contribution is 0.415. The van der Waals surface area contributed by atoms with Gasteiger partial charge in [0.2, 0.25) is 0 Å². The molecule has 1 N–H and O–H groups in total. The molecule has 3 heteroatoms. The Bertz CT molecular complexity index is 555. The first-order valence-electron chi connectivity index (χ1n) is 6.20. The maximum absolute atomic E-state index is 5.81. The molecule has 2 aromatic rings. The number of hydrogen-bond donors (Lipinski definition) is 1. The van der Waals surface area contributed by atoms with Crippen molar-refractivity contribution in [3.05, 3.63) is 36.1 Å². The van der Waals surface area contributed by atoms with E-state index < -0.39 is 0 Å². The summed E-state index contributed by atoms with van der Waals surface area (Å²) in [5, 5.41) is 4.33. The molecule has 0 radical (unpaired) electrons. The van der Waals surface area contributed by atoms with Crippen molar-refractivity contribution in [2.45, 2.75) is 13.8 Å². The summed E-state index contributed by atoms with van der Waals surface area (Å²) in [7, 11) is 1.67. The molecular weight excluding hydrogens is 226 g/mol. The lowest BCUT2D eigenvalue weighted by Crippen LogP contribution is -2.11. The van der Waals surface area contributed by atoms with Crippen molar-refractivity contribution >= 4 is 16.5 Å². The van der Waals surface area contributed by atoms with Crippen LogP contribution in [-0.4, -0.2) is 20.2 Å². The Morgan fingerprint density at radius 2 is 2.22 bits per heavy atom. The van der Waals surface area contributed by atoms with Gasteiger partial charge in [0.15, 0.2) is 0 Å². The van der Waals surface area contributed by atoms with E-state index >= 15 is 0 Å². The second-order valence-corrected chi connectivity index (χ2v) is 4.21. The highest BCUT2D eigenvalue weighted by Gasteiger charge is 2.06. The van der Waals surface area contributed by atoms with E-state index in [0.29, 0.717) is 0 Å². The standard InChI is InChI=1S/C15H19NO2/c1-4-16-8-7-11(2)15-10-12-9-13(17-3)5-6-14(12)18-15/h5-7,9-10,16H,4,8H2,1-3H3/b11-7+. The molecule has 0 amide bonds. The van der Waals surface area contributed by atoms with Crippen molar-refractivity contribution in [3.63, 3.8) is 0 Å². The molecule has 0 fully saturated rings. The van der Waals surface area contributed by atoms with Gasteiger partial charge >= 0.3 is 0 Å². The number of allylic oxidation sites excluding steroid dienone is 1. The third kappa shape index (κ3) is 2.74. The monoisotopic (exact) mass is 245 g/mol. The largest absolute Gasteiger partial charge is 0.497 e. The predicted octanol–water partition coefficient (Wildman–Crippen LogP) is 3.45. The van der Waals surface area contributed by atoms with Crippen molar-refractivity contribution in [1.82, 2.24) is 5.32 Å². The number of likely N-dealkylation sites (N-methyl/N-ethyl adjacent to an activating group) is 1. The number of nitrogens with one attached hydrogen (secondary N) is 1. The Hall–Kier alpha value is -1.74. The van der Waals surface area contributed by atoms with E-state index in [4.69, 9.17) is 9.15 Å². The van der Waals surface area contributed by atoms with Crippen LogP contribution in [0, 0.1) is 0 Å². The highest BCUT2D eigenvalue weighted by atomic mass is 16.5. The van der Waals surface area contributed by atoms with Gasteiger partial charge in [-0.3, -0.25) is 0 Å². The number of fused-ring (bicyclic) bond motifs is 1. The van der Waals surface area contributed by atoms with E-state index in [2.05, 4.69) is 31.3 Å². The number of rotatable bonds is 5. The second kappa shape index (κ2) is 5.74. The number of hydrogen-bond acceptors (Lipinski definition) is 3. The summed E-state index contributed by atoms with van der Waals surface area (Å²) in [5.74, 6) is 1.76. The summed E-state index contributed by atoms with van der Waals surface area (Å²) in [6.07, 6.45) is 2.14. The number of ether oxygens (including phenoxy) is 1. The van der Waals surface area contributed by atoms with Crippen molar-refractivity contribution in [2.24, 2.45) is 0 Å². The summed E-state index contributed by atoms with van der Waals surface area (Å²) >= 11 is 0. The molecule has 0 aliphatic rings. The molecule has 0 saturated heterocycles. The van der Waals surface area contributed by atoms with Gasteiger partial charge in [-0.15, -0.1) is 0 Å². The first kappa shape index (κ1) is 12.7. The molecule has 2 rings (SSSR count). The van der Waals surface area contributed by atoms with E-state index in [1.807, 2.05) is 18.2 Å². The topological polar surface area (TPSA) is 34.4 Å². The van der Waals surface area contributed by atoms with Crippen LogP contribution in [0.4, 0.5) is 0 Å². The SMILES string of the molecule is CCNC/C=C(\C)c1cc2cc(OC)ccc2o1. The molecule has 0 aliphatic heterocycles. The average Bonchev–Trinajstić information content (AvgIpc) is 2.81. The van der Waals surface area contributed by atoms with Crippen molar-refractivity contribution in [3.8, 4) is 5.75 Å². The van der Waals surface area contributed by atoms with E-state index in [1.54, 1.807) is 7.11 Å². The Kier molecular flexibility index (Phi) is 4.05. The zero-order valence-electron chi connectivity index (χ0n) is 11.1. The molecule has 1 aromatic carbocycles. The predicted molar refractivity (Wildman–Crippen MR) is 75.0 cm³/mol. The quantitative estimate of drug-likeness (QED) is 0.819. The van der Waals surface area contributed by atoms with Crippen LogP contribution in [0.2, 0.25) is 0 Å². The smallest absolute Gasteiger partial charge is 0.135 e. The lowest BCUT2D eigenvalue weighted by atomic mass is 10.2. The fraction of sp³-hybridized carbons (Fsp3) is 0.333. The Balaban J connectivity index is 2.26. The van der Waals surface area contributed by atoms with E-state index in [-0.39, 0.29) is 0 Å². The maximum atomic E-state index is 5.81. The molecule has 0 saturated carbocycles. The van der Waals surface area contributed by atoms with Gasteiger partial charge < -0.3 is 14.5 Å². The van der Waals surface area contributed by atoms with Gasteiger partial charge in [-0.2, -0.15) is 0 Å². The molecule has 0 aliphatic carbocycles. The van der Waals surface area contributed by atoms with Crippen LogP contribution in [0.15, 0.2) is 34.8 Å². The van der Waals surface area contributed by atoms with Crippen LogP contribution in [-0.2, 0) is 0 Å². The molecule has 3 nitrogen and oxygen atoms in total. The Labute approximate surface area is 107 Å². The lowest BCUT2D eigenvalue weighted by Gasteiger charge is -1.97. The Morgan fingerprint density at radius 1 is 1.39 bits per heavy atom. The molecule has 0 unspecified atom stereocenters. The Morgan fingerprint density at radius 3 is 2.94 bits per heavy atom. The van der Waals surface area contributed by atoms with Gasteiger partial charge in [0.25, 0.3) is 0 Å². The molecular formula is C15H19NO2. The highest BCUT2D eigenvalue weighted by Crippen LogP contribution is 2.27. The van der Waals surface area contributed by atoms with Gasteiger partial charge in [0.05, 0.1) is 7.11 Å². The summed E-state index contributed by atoms with van der Waals surface area (Å²) in [6, 6.07) is 7.89. The molecule has 1 aromatic heterocycles. The van der Waals surface area contributed by atoms with E-state index in [1.165, 1.54) is 0 Å². The van der Waals surface area contributed by atoms with Crippen LogP contribution >= 0.6 is 0 Å². The summed E-state index contributed by atoms with van der Waals surface area (Å²) in [4.78, 5) is 0. The van der Waals surface area contributed by atoms with Crippen molar-refractivity contribution < 1.29 is 9.15 Å². The summed E-state index contributed by atoms with van der Waals surface area (Å²) in [5.41, 5.74) is 2.04. The van der Waals surface area contributed by atoms with Gasteiger partial charge in [0.1, 0.15) is 17.1 Å². The molecule has 96 valence electrons. The minimum absolute atomic E-state index is 0.851. The zero-order valence-corrected chi connectivity index (χ0v) is 11.1. The first-order valence-corrected chi connectivity index (χ1v) is 6.20. The summed E-state index contributed by atoms with van der Waals surface area (Å²) < 4.78 is 11.0. The van der Waals surface area contributed by atoms with Crippen LogP contribution < -0.4 is 10.1 Å². The van der Waals surface area contributed by atoms with E-state index in [0.717, 1.165) is 41.1 Å². The van der Waals surface area contributed by atoms with Gasteiger partial charge in [0, 0.05) is 11.9 Å². The number of methoxy groups -OCH3 is 1. The van der Waals surface area contributed by atoms with Crippen molar-refractivity contribution in [1.29, 1.82) is 0 Å². The van der Waals surface area contributed by atoms with Gasteiger partial charge in [-0.1, -0.05) is 13.0 Å². The first-order chi connectivity index (χ1) is 8.74.